The number of rotatable bonds is 4. The smallest absolute Gasteiger partial charge is 0.241 e. The monoisotopic (exact) mass is 240 g/mol. The van der Waals surface area contributed by atoms with E-state index in [0.29, 0.717) is 0 Å². The maximum absolute atomic E-state index is 13.0. The van der Waals surface area contributed by atoms with Gasteiger partial charge in [0.15, 0.2) is 11.6 Å². The van der Waals surface area contributed by atoms with Crippen LogP contribution in [0.4, 0.5) is 10.1 Å². The van der Waals surface area contributed by atoms with E-state index in [2.05, 4.69) is 5.32 Å². The summed E-state index contributed by atoms with van der Waals surface area (Å²) < 4.78 is 13.0. The van der Waals surface area contributed by atoms with Gasteiger partial charge in [0.2, 0.25) is 5.91 Å². The van der Waals surface area contributed by atoms with E-state index >= 15 is 0 Å². The van der Waals surface area contributed by atoms with E-state index in [1.54, 1.807) is 0 Å². The fraction of sp³-hybridized carbons (Fsp3) is 0.417. The lowest BCUT2D eigenvalue weighted by Crippen LogP contribution is -2.40. The van der Waals surface area contributed by atoms with Crippen LogP contribution in [0.3, 0.4) is 0 Å². The lowest BCUT2D eigenvalue weighted by molar-refractivity contribution is -0.118. The molecule has 0 heterocycles. The summed E-state index contributed by atoms with van der Waals surface area (Å²) in [6.07, 6.45) is 0.790. The minimum atomic E-state index is -0.778. The molecule has 4 N–H and O–H groups in total. The molecular weight excluding hydrogens is 223 g/mol. The number of nitrogens with two attached hydrogens (primary N) is 1. The third-order valence-electron chi connectivity index (χ3n) is 2.77. The van der Waals surface area contributed by atoms with Crippen LogP contribution in [0.15, 0.2) is 18.2 Å². The SMILES string of the molecule is CC[C@H](C)[C@H](N)C(=O)Nc1ccc(O)c(F)c1. The molecule has 17 heavy (non-hydrogen) atoms. The summed E-state index contributed by atoms with van der Waals surface area (Å²) in [6.45, 7) is 3.82. The molecule has 1 rings (SSSR count). The van der Waals surface area contributed by atoms with E-state index < -0.39 is 17.6 Å². The number of hydrogen-bond acceptors (Lipinski definition) is 3. The zero-order chi connectivity index (χ0) is 13.0. The predicted octanol–water partition coefficient (Wildman–Crippen LogP) is 1.84. The van der Waals surface area contributed by atoms with Gasteiger partial charge >= 0.3 is 0 Å². The van der Waals surface area contributed by atoms with Gasteiger partial charge in [-0.3, -0.25) is 4.79 Å². The summed E-state index contributed by atoms with van der Waals surface area (Å²) in [4.78, 5) is 11.7. The number of carbonyl (C=O) groups is 1. The Kier molecular flexibility index (Phi) is 4.45. The van der Waals surface area contributed by atoms with Crippen molar-refractivity contribution in [3.05, 3.63) is 24.0 Å². The van der Waals surface area contributed by atoms with Gasteiger partial charge in [-0.25, -0.2) is 4.39 Å². The maximum atomic E-state index is 13.0. The van der Waals surface area contributed by atoms with Gasteiger partial charge in [-0.15, -0.1) is 0 Å². The third-order valence-corrected chi connectivity index (χ3v) is 2.77. The lowest BCUT2D eigenvalue weighted by Gasteiger charge is -2.17. The first kappa shape index (κ1) is 13.4. The van der Waals surface area contributed by atoms with Gasteiger partial charge in [-0.1, -0.05) is 20.3 Å². The van der Waals surface area contributed by atoms with Crippen LogP contribution in [-0.2, 0) is 4.79 Å². The van der Waals surface area contributed by atoms with Gasteiger partial charge in [0.05, 0.1) is 6.04 Å². The number of amides is 1. The number of aromatic hydroxyl groups is 1. The zero-order valence-electron chi connectivity index (χ0n) is 9.90. The summed E-state index contributed by atoms with van der Waals surface area (Å²) in [5.41, 5.74) is 6.01. The number of hydrogen-bond donors (Lipinski definition) is 3. The van der Waals surface area contributed by atoms with E-state index in [0.717, 1.165) is 12.5 Å². The number of nitrogens with one attached hydrogen (secondary N) is 1. The maximum Gasteiger partial charge on any atom is 0.241 e. The molecule has 0 aliphatic carbocycles. The number of phenols is 1. The molecule has 1 amide bonds. The number of carbonyl (C=O) groups excluding carboxylic acids is 1. The largest absolute Gasteiger partial charge is 0.505 e. The molecule has 94 valence electrons. The summed E-state index contributed by atoms with van der Waals surface area (Å²) >= 11 is 0. The highest BCUT2D eigenvalue weighted by atomic mass is 19.1. The van der Waals surface area contributed by atoms with Crippen molar-refractivity contribution in [3.8, 4) is 5.75 Å². The van der Waals surface area contributed by atoms with E-state index in [-0.39, 0.29) is 17.5 Å². The van der Waals surface area contributed by atoms with Gasteiger partial charge < -0.3 is 16.2 Å². The highest BCUT2D eigenvalue weighted by molar-refractivity contribution is 5.94. The normalized spacial score (nSPS) is 14.1. The molecule has 4 nitrogen and oxygen atoms in total. The molecule has 1 aromatic carbocycles. The second-order valence-electron chi connectivity index (χ2n) is 4.07. The third kappa shape index (κ3) is 3.42. The minimum absolute atomic E-state index is 0.0527. The first-order chi connectivity index (χ1) is 7.95. The first-order valence-electron chi connectivity index (χ1n) is 5.50. The van der Waals surface area contributed by atoms with Crippen LogP contribution in [0.1, 0.15) is 20.3 Å². The van der Waals surface area contributed by atoms with E-state index in [1.807, 2.05) is 13.8 Å². The van der Waals surface area contributed by atoms with Crippen LogP contribution in [0, 0.1) is 11.7 Å². The highest BCUT2D eigenvalue weighted by Gasteiger charge is 2.19. The van der Waals surface area contributed by atoms with Crippen molar-refractivity contribution in [2.45, 2.75) is 26.3 Å². The van der Waals surface area contributed by atoms with Crippen LogP contribution in [-0.4, -0.2) is 17.1 Å². The molecule has 1 aromatic rings. The van der Waals surface area contributed by atoms with Gasteiger partial charge in [0.1, 0.15) is 0 Å². The topological polar surface area (TPSA) is 75.4 Å². The summed E-state index contributed by atoms with van der Waals surface area (Å²) in [5.74, 6) is -1.53. The van der Waals surface area contributed by atoms with Crippen LogP contribution in [0.25, 0.3) is 0 Å². The summed E-state index contributed by atoms with van der Waals surface area (Å²) in [6, 6.07) is 3.02. The van der Waals surface area contributed by atoms with Crippen LogP contribution in [0.2, 0.25) is 0 Å². The fourth-order valence-corrected chi connectivity index (χ4v) is 1.32. The van der Waals surface area contributed by atoms with Crippen LogP contribution in [0.5, 0.6) is 5.75 Å². The van der Waals surface area contributed by atoms with Crippen molar-refractivity contribution >= 4 is 11.6 Å². The van der Waals surface area contributed by atoms with Crippen molar-refractivity contribution in [2.75, 3.05) is 5.32 Å². The molecule has 0 fully saturated rings. The Morgan fingerprint density at radius 1 is 1.59 bits per heavy atom. The van der Waals surface area contributed by atoms with E-state index in [9.17, 15) is 9.18 Å². The highest BCUT2D eigenvalue weighted by Crippen LogP contribution is 2.19. The Bertz CT molecular complexity index is 409. The van der Waals surface area contributed by atoms with E-state index in [1.165, 1.54) is 12.1 Å². The second-order valence-corrected chi connectivity index (χ2v) is 4.07. The molecule has 0 spiro atoms. The summed E-state index contributed by atoms with van der Waals surface area (Å²) in [5, 5.41) is 11.5. The molecule has 0 bridgehead atoms. The molecule has 0 aliphatic heterocycles. The Labute approximate surface area is 99.6 Å². The van der Waals surface area contributed by atoms with Crippen LogP contribution < -0.4 is 11.1 Å². The Balaban J connectivity index is 2.71. The molecule has 5 heteroatoms. The number of phenolic OH excluding ortho intramolecular Hbond substituents is 1. The van der Waals surface area contributed by atoms with Crippen LogP contribution >= 0.6 is 0 Å². The molecule has 2 atom stereocenters. The molecule has 0 unspecified atom stereocenters. The average Bonchev–Trinajstić information content (AvgIpc) is 2.31. The van der Waals surface area contributed by atoms with Crippen molar-refractivity contribution < 1.29 is 14.3 Å². The standard InChI is InChI=1S/C12H17FN2O2/c1-3-7(2)11(14)12(17)15-8-4-5-10(16)9(13)6-8/h4-7,11,16H,3,14H2,1-2H3,(H,15,17)/t7-,11-/m0/s1. The number of benzene rings is 1. The first-order valence-corrected chi connectivity index (χ1v) is 5.50. The predicted molar refractivity (Wildman–Crippen MR) is 64.1 cm³/mol. The zero-order valence-corrected chi connectivity index (χ0v) is 9.90. The van der Waals surface area contributed by atoms with Gasteiger partial charge in [0, 0.05) is 11.8 Å². The van der Waals surface area contributed by atoms with Crippen molar-refractivity contribution in [1.29, 1.82) is 0 Å². The second kappa shape index (κ2) is 5.63. The molecular formula is C12H17FN2O2. The van der Waals surface area contributed by atoms with Gasteiger partial charge in [-0.2, -0.15) is 0 Å². The molecule has 0 saturated carbocycles. The number of anilines is 1. The average molecular weight is 240 g/mol. The molecule has 0 radical (unpaired) electrons. The number of halogens is 1. The molecule has 0 aliphatic rings. The van der Waals surface area contributed by atoms with Crippen molar-refractivity contribution in [2.24, 2.45) is 11.7 Å². The fourth-order valence-electron chi connectivity index (χ4n) is 1.32. The van der Waals surface area contributed by atoms with Gasteiger partial charge in [0.25, 0.3) is 0 Å². The Morgan fingerprint density at radius 2 is 2.24 bits per heavy atom. The molecule has 0 saturated heterocycles. The van der Waals surface area contributed by atoms with Gasteiger partial charge in [-0.05, 0) is 18.1 Å². The molecule has 0 aromatic heterocycles. The Morgan fingerprint density at radius 3 is 2.76 bits per heavy atom. The summed E-state index contributed by atoms with van der Waals surface area (Å²) in [7, 11) is 0. The lowest BCUT2D eigenvalue weighted by atomic mass is 9.99. The van der Waals surface area contributed by atoms with Crippen molar-refractivity contribution in [3.63, 3.8) is 0 Å². The Hall–Kier alpha value is -1.62. The van der Waals surface area contributed by atoms with E-state index in [4.69, 9.17) is 10.8 Å². The minimum Gasteiger partial charge on any atom is -0.505 e. The van der Waals surface area contributed by atoms with Crippen molar-refractivity contribution in [1.82, 2.24) is 0 Å². The quantitative estimate of drug-likeness (QED) is 0.703.